The van der Waals surface area contributed by atoms with E-state index in [1.54, 1.807) is 42.5 Å². The van der Waals surface area contributed by atoms with Crippen LogP contribution < -0.4 is 25.0 Å². The molecule has 3 rings (SSSR count). The topological polar surface area (TPSA) is 138 Å². The molecular formula is C25H34N4O7S. The molecule has 0 aromatic heterocycles. The number of carboxylic acids is 1. The Morgan fingerprint density at radius 1 is 1.00 bits per heavy atom. The van der Waals surface area contributed by atoms with Gasteiger partial charge in [-0.1, -0.05) is 0 Å². The number of sulfonamides is 1. The van der Waals surface area contributed by atoms with Crippen LogP contribution in [0.5, 0.6) is 11.5 Å². The normalized spacial score (nSPS) is 14.5. The summed E-state index contributed by atoms with van der Waals surface area (Å²) in [4.78, 5) is 25.4. The molecule has 3 N–H and O–H groups in total. The van der Waals surface area contributed by atoms with E-state index in [9.17, 15) is 18.0 Å². The average molecular weight is 535 g/mol. The Kier molecular flexibility index (Phi) is 9.22. The first-order valence-corrected chi connectivity index (χ1v) is 13.5. The lowest BCUT2D eigenvalue weighted by molar-refractivity contribution is -0.139. The summed E-state index contributed by atoms with van der Waals surface area (Å²) in [6.45, 7) is 8.26. The molecule has 1 saturated heterocycles. The number of carbonyl (C=O) groups is 2. The van der Waals surface area contributed by atoms with E-state index in [-0.39, 0.29) is 35.9 Å². The molecule has 1 fully saturated rings. The summed E-state index contributed by atoms with van der Waals surface area (Å²) < 4.78 is 38.7. The number of aliphatic carboxylic acids is 1. The van der Waals surface area contributed by atoms with Gasteiger partial charge in [0.15, 0.2) is 6.61 Å². The number of carboxylic acid groups (broad SMARTS) is 1. The standard InChI is InChI=1S/C25H34N4O7S/c1-17(2)26-25(32)27-22-10-5-19(15-23(22)35-16-24(30)31)28-11-13-29(14-12-28)37(33,34)21-8-6-20(7-9-21)36-18(3)4/h5-10,15,17-18H,11-14,16H2,1-4H3,(H,30,31)(H2,26,27,32). The predicted octanol–water partition coefficient (Wildman–Crippen LogP) is 2.98. The summed E-state index contributed by atoms with van der Waals surface area (Å²) in [6, 6.07) is 10.9. The Bertz CT molecular complexity index is 1190. The van der Waals surface area contributed by atoms with E-state index in [0.717, 1.165) is 5.69 Å². The van der Waals surface area contributed by atoms with Crippen LogP contribution in [-0.4, -0.2) is 74.8 Å². The fraction of sp³-hybridized carbons (Fsp3) is 0.440. The lowest BCUT2D eigenvalue weighted by Gasteiger charge is -2.35. The van der Waals surface area contributed by atoms with E-state index in [2.05, 4.69) is 10.6 Å². The molecule has 0 bridgehead atoms. The SMILES string of the molecule is CC(C)NC(=O)Nc1ccc(N2CCN(S(=O)(=O)c3ccc(OC(C)C)cc3)CC2)cc1OCC(=O)O. The zero-order chi connectivity index (χ0) is 27.2. The third-order valence-electron chi connectivity index (χ3n) is 5.42. The maximum Gasteiger partial charge on any atom is 0.341 e. The molecule has 0 radical (unpaired) electrons. The highest BCUT2D eigenvalue weighted by atomic mass is 32.2. The second-order valence-electron chi connectivity index (χ2n) is 9.15. The van der Waals surface area contributed by atoms with Gasteiger partial charge in [-0.3, -0.25) is 0 Å². The van der Waals surface area contributed by atoms with Gasteiger partial charge >= 0.3 is 12.0 Å². The van der Waals surface area contributed by atoms with Gasteiger partial charge in [-0.05, 0) is 64.1 Å². The fourth-order valence-corrected chi connectivity index (χ4v) is 5.21. The van der Waals surface area contributed by atoms with Gasteiger partial charge in [-0.2, -0.15) is 4.31 Å². The molecule has 12 heteroatoms. The number of rotatable bonds is 10. The number of hydrogen-bond acceptors (Lipinski definition) is 7. The van der Waals surface area contributed by atoms with Crippen molar-refractivity contribution < 1.29 is 32.6 Å². The van der Waals surface area contributed by atoms with Crippen LogP contribution in [0.25, 0.3) is 0 Å². The van der Waals surface area contributed by atoms with Crippen molar-refractivity contribution in [1.82, 2.24) is 9.62 Å². The number of carbonyl (C=O) groups excluding carboxylic acids is 1. The van der Waals surface area contributed by atoms with Gasteiger partial charge in [0, 0.05) is 44.0 Å². The monoisotopic (exact) mass is 534 g/mol. The van der Waals surface area contributed by atoms with Crippen molar-refractivity contribution in [2.24, 2.45) is 0 Å². The third-order valence-corrected chi connectivity index (χ3v) is 7.33. The fourth-order valence-electron chi connectivity index (χ4n) is 3.79. The van der Waals surface area contributed by atoms with Crippen LogP contribution in [0.4, 0.5) is 16.2 Å². The largest absolute Gasteiger partial charge is 0.491 e. The molecule has 1 aliphatic heterocycles. The molecular weight excluding hydrogens is 500 g/mol. The average Bonchev–Trinajstić information content (AvgIpc) is 2.83. The van der Waals surface area contributed by atoms with Gasteiger partial charge in [0.1, 0.15) is 11.5 Å². The van der Waals surface area contributed by atoms with Crippen molar-refractivity contribution >= 4 is 33.4 Å². The van der Waals surface area contributed by atoms with Gasteiger partial charge in [0.05, 0.1) is 16.7 Å². The number of hydrogen-bond donors (Lipinski definition) is 3. The maximum absolute atomic E-state index is 13.1. The number of amides is 2. The van der Waals surface area contributed by atoms with Crippen molar-refractivity contribution in [2.75, 3.05) is 43.0 Å². The Balaban J connectivity index is 1.70. The molecule has 2 aromatic carbocycles. The summed E-state index contributed by atoms with van der Waals surface area (Å²) in [5.41, 5.74) is 1.05. The Hall–Kier alpha value is -3.51. The molecule has 11 nitrogen and oxygen atoms in total. The van der Waals surface area contributed by atoms with E-state index in [4.69, 9.17) is 14.6 Å². The smallest absolute Gasteiger partial charge is 0.341 e. The highest BCUT2D eigenvalue weighted by molar-refractivity contribution is 7.89. The van der Waals surface area contributed by atoms with Crippen LogP contribution in [0.1, 0.15) is 27.7 Å². The molecule has 202 valence electrons. The first-order valence-electron chi connectivity index (χ1n) is 12.0. The lowest BCUT2D eigenvalue weighted by atomic mass is 10.2. The number of benzene rings is 2. The van der Waals surface area contributed by atoms with Gasteiger partial charge in [0.25, 0.3) is 0 Å². The van der Waals surface area contributed by atoms with E-state index in [1.807, 2.05) is 32.6 Å². The Labute approximate surface area is 217 Å². The minimum Gasteiger partial charge on any atom is -0.491 e. The van der Waals surface area contributed by atoms with Crippen LogP contribution in [0, 0.1) is 0 Å². The lowest BCUT2D eigenvalue weighted by Crippen LogP contribution is -2.48. The minimum absolute atomic E-state index is 0.00683. The maximum atomic E-state index is 13.1. The number of urea groups is 1. The molecule has 0 saturated carbocycles. The van der Waals surface area contributed by atoms with Gasteiger partial charge < -0.3 is 30.1 Å². The number of anilines is 2. The van der Waals surface area contributed by atoms with Crippen LogP contribution in [0.2, 0.25) is 0 Å². The number of nitrogens with zero attached hydrogens (tertiary/aromatic N) is 2. The van der Waals surface area contributed by atoms with Crippen molar-refractivity contribution in [1.29, 1.82) is 0 Å². The van der Waals surface area contributed by atoms with Crippen LogP contribution in [0.15, 0.2) is 47.4 Å². The van der Waals surface area contributed by atoms with Gasteiger partial charge in [0.2, 0.25) is 10.0 Å². The molecule has 37 heavy (non-hydrogen) atoms. The first kappa shape index (κ1) is 28.1. The highest BCUT2D eigenvalue weighted by Crippen LogP contribution is 2.31. The quantitative estimate of drug-likeness (QED) is 0.423. The van der Waals surface area contributed by atoms with Crippen LogP contribution in [-0.2, 0) is 14.8 Å². The molecule has 2 aromatic rings. The van der Waals surface area contributed by atoms with Crippen molar-refractivity contribution in [3.05, 3.63) is 42.5 Å². The summed E-state index contributed by atoms with van der Waals surface area (Å²) in [7, 11) is -3.66. The number of ether oxygens (including phenoxy) is 2. The van der Waals surface area contributed by atoms with E-state index >= 15 is 0 Å². The summed E-state index contributed by atoms with van der Waals surface area (Å²) in [6.07, 6.45) is -0.00683. The summed E-state index contributed by atoms with van der Waals surface area (Å²) in [5.74, 6) is -0.331. The highest BCUT2D eigenvalue weighted by Gasteiger charge is 2.29. The van der Waals surface area contributed by atoms with Gasteiger partial charge in [-0.15, -0.1) is 0 Å². The molecule has 0 aliphatic carbocycles. The Morgan fingerprint density at radius 2 is 1.65 bits per heavy atom. The minimum atomic E-state index is -3.66. The molecule has 1 aliphatic rings. The van der Waals surface area contributed by atoms with E-state index < -0.39 is 28.6 Å². The summed E-state index contributed by atoms with van der Waals surface area (Å²) >= 11 is 0. The zero-order valence-corrected chi connectivity index (χ0v) is 22.2. The first-order chi connectivity index (χ1) is 17.5. The van der Waals surface area contributed by atoms with Crippen LogP contribution in [0.3, 0.4) is 0 Å². The van der Waals surface area contributed by atoms with Crippen molar-refractivity contribution in [3.8, 4) is 11.5 Å². The number of piperazine rings is 1. The van der Waals surface area contributed by atoms with Crippen LogP contribution >= 0.6 is 0 Å². The molecule has 0 atom stereocenters. The zero-order valence-electron chi connectivity index (χ0n) is 21.4. The second-order valence-corrected chi connectivity index (χ2v) is 11.1. The third kappa shape index (κ3) is 7.73. The van der Waals surface area contributed by atoms with Gasteiger partial charge in [-0.25, -0.2) is 18.0 Å². The van der Waals surface area contributed by atoms with E-state index in [0.29, 0.717) is 24.5 Å². The van der Waals surface area contributed by atoms with E-state index in [1.165, 1.54) is 4.31 Å². The van der Waals surface area contributed by atoms with Crippen molar-refractivity contribution in [2.45, 2.75) is 44.7 Å². The van der Waals surface area contributed by atoms with Crippen molar-refractivity contribution in [3.63, 3.8) is 0 Å². The second kappa shape index (κ2) is 12.2. The predicted molar refractivity (Wildman–Crippen MR) is 140 cm³/mol. The molecule has 1 heterocycles. The molecule has 0 spiro atoms. The number of nitrogens with one attached hydrogen (secondary N) is 2. The summed E-state index contributed by atoms with van der Waals surface area (Å²) in [5, 5.41) is 14.4. The molecule has 0 unspecified atom stereocenters. The Morgan fingerprint density at radius 3 is 2.22 bits per heavy atom. The molecule has 2 amide bonds.